The minimum absolute atomic E-state index is 0.127. The number of unbranched alkanes of at least 4 members (excludes halogenated alkanes) is 1. The van der Waals surface area contributed by atoms with Gasteiger partial charge in [0, 0.05) is 26.5 Å². The van der Waals surface area contributed by atoms with Gasteiger partial charge in [-0.25, -0.2) is 9.98 Å². The standard InChI is InChI=1S/C14H26N5O5P/c1-16-14(21)12-13(17-9-15)19(10-18-12)7-11(8-20)24-5-3-4-6-25(2,22)23/h9-11,20H,3-8H2,1-2H3,(H2,15,17)(H,16,21)(H,22,23). The van der Waals surface area contributed by atoms with Crippen LogP contribution in [0, 0.1) is 0 Å². The van der Waals surface area contributed by atoms with E-state index in [1.54, 1.807) is 4.57 Å². The van der Waals surface area contributed by atoms with Crippen LogP contribution in [0.5, 0.6) is 0 Å². The monoisotopic (exact) mass is 375 g/mol. The molecule has 1 aromatic heterocycles. The molecule has 1 heterocycles. The summed E-state index contributed by atoms with van der Waals surface area (Å²) in [6.07, 6.45) is 3.38. The van der Waals surface area contributed by atoms with E-state index in [4.69, 9.17) is 10.5 Å². The van der Waals surface area contributed by atoms with Crippen LogP contribution in [-0.4, -0.2) is 71.0 Å². The minimum atomic E-state index is -3.00. The molecule has 0 saturated heterocycles. The van der Waals surface area contributed by atoms with Crippen molar-refractivity contribution in [1.29, 1.82) is 0 Å². The van der Waals surface area contributed by atoms with Crippen LogP contribution in [0.3, 0.4) is 0 Å². The van der Waals surface area contributed by atoms with Crippen molar-refractivity contribution in [2.45, 2.75) is 25.5 Å². The number of ether oxygens (including phenoxy) is 1. The Labute approximate surface area is 146 Å². The molecular weight excluding hydrogens is 349 g/mol. The molecule has 0 aliphatic rings. The number of carbonyl (C=O) groups excluding carboxylic acids is 1. The number of carbonyl (C=O) groups is 1. The number of aromatic nitrogens is 2. The summed E-state index contributed by atoms with van der Waals surface area (Å²) in [5.41, 5.74) is 5.45. The summed E-state index contributed by atoms with van der Waals surface area (Å²) in [5.74, 6) is -0.120. The average Bonchev–Trinajstić information content (AvgIpc) is 2.94. The number of hydrogen-bond donors (Lipinski definition) is 4. The summed E-state index contributed by atoms with van der Waals surface area (Å²) in [7, 11) is -1.51. The third-order valence-corrected chi connectivity index (χ3v) is 4.52. The highest BCUT2D eigenvalue weighted by molar-refractivity contribution is 7.57. The number of amides is 1. The molecule has 5 N–H and O–H groups in total. The third-order valence-electron chi connectivity index (χ3n) is 3.37. The number of hydrogen-bond acceptors (Lipinski definition) is 6. The van der Waals surface area contributed by atoms with Crippen LogP contribution in [-0.2, 0) is 15.8 Å². The van der Waals surface area contributed by atoms with Gasteiger partial charge < -0.3 is 30.4 Å². The fourth-order valence-electron chi connectivity index (χ4n) is 2.13. The maximum absolute atomic E-state index is 11.8. The van der Waals surface area contributed by atoms with Crippen molar-refractivity contribution < 1.29 is 24.1 Å². The van der Waals surface area contributed by atoms with Gasteiger partial charge in [-0.05, 0) is 12.8 Å². The predicted octanol–water partition coefficient (Wildman–Crippen LogP) is -0.0809. The van der Waals surface area contributed by atoms with E-state index in [0.717, 1.165) is 6.34 Å². The van der Waals surface area contributed by atoms with E-state index < -0.39 is 19.4 Å². The molecule has 2 atom stereocenters. The Balaban J connectivity index is 2.64. The molecule has 0 aliphatic carbocycles. The van der Waals surface area contributed by atoms with E-state index in [1.165, 1.54) is 20.0 Å². The van der Waals surface area contributed by atoms with Crippen molar-refractivity contribution in [3.05, 3.63) is 12.0 Å². The predicted molar refractivity (Wildman–Crippen MR) is 94.6 cm³/mol. The number of nitrogens with one attached hydrogen (secondary N) is 1. The SMILES string of the molecule is CNC(=O)c1ncn(CC(CO)OCCCCP(C)(=O)O)c1/N=C/N. The second-order valence-corrected chi connectivity index (χ2v) is 8.13. The third kappa shape index (κ3) is 7.35. The van der Waals surface area contributed by atoms with Crippen LogP contribution in [0.1, 0.15) is 23.3 Å². The van der Waals surface area contributed by atoms with Gasteiger partial charge in [0.15, 0.2) is 18.9 Å². The number of rotatable bonds is 11. The number of aliphatic imine (C=N–C) groups is 1. The van der Waals surface area contributed by atoms with E-state index in [2.05, 4.69) is 15.3 Å². The Morgan fingerprint density at radius 3 is 2.88 bits per heavy atom. The van der Waals surface area contributed by atoms with E-state index >= 15 is 0 Å². The normalized spacial score (nSPS) is 15.2. The largest absolute Gasteiger partial charge is 0.394 e. The van der Waals surface area contributed by atoms with E-state index in [9.17, 15) is 19.4 Å². The second kappa shape index (κ2) is 10.3. The lowest BCUT2D eigenvalue weighted by Crippen LogP contribution is -2.24. The molecule has 0 fully saturated rings. The Bertz CT molecular complexity index is 627. The van der Waals surface area contributed by atoms with Gasteiger partial charge in [-0.15, -0.1) is 0 Å². The number of aliphatic hydroxyl groups is 1. The molecule has 25 heavy (non-hydrogen) atoms. The molecule has 0 saturated carbocycles. The van der Waals surface area contributed by atoms with Gasteiger partial charge in [0.25, 0.3) is 5.91 Å². The lowest BCUT2D eigenvalue weighted by atomic mass is 10.3. The molecule has 1 aromatic rings. The van der Waals surface area contributed by atoms with Crippen LogP contribution < -0.4 is 11.1 Å². The molecule has 0 radical (unpaired) electrons. The Morgan fingerprint density at radius 1 is 1.60 bits per heavy atom. The van der Waals surface area contributed by atoms with Crippen LogP contribution in [0.25, 0.3) is 0 Å². The summed E-state index contributed by atoms with van der Waals surface area (Å²) < 4.78 is 18.4. The van der Waals surface area contributed by atoms with Gasteiger partial charge in [-0.2, -0.15) is 0 Å². The average molecular weight is 375 g/mol. The number of aliphatic hydroxyl groups excluding tert-OH is 1. The summed E-state index contributed by atoms with van der Waals surface area (Å²) in [4.78, 5) is 29.0. The second-order valence-electron chi connectivity index (χ2n) is 5.58. The number of imidazole rings is 1. The first-order chi connectivity index (χ1) is 11.8. The van der Waals surface area contributed by atoms with Gasteiger partial charge in [-0.3, -0.25) is 9.36 Å². The Hall–Kier alpha value is -1.74. The Morgan fingerprint density at radius 2 is 2.32 bits per heavy atom. The highest BCUT2D eigenvalue weighted by Gasteiger charge is 2.19. The molecular formula is C14H26N5O5P. The van der Waals surface area contributed by atoms with Gasteiger partial charge in [-0.1, -0.05) is 0 Å². The van der Waals surface area contributed by atoms with Gasteiger partial charge in [0.2, 0.25) is 0 Å². The molecule has 10 nitrogen and oxygen atoms in total. The molecule has 0 aromatic carbocycles. The zero-order valence-electron chi connectivity index (χ0n) is 14.5. The summed E-state index contributed by atoms with van der Waals surface area (Å²) in [6.45, 7) is 1.68. The van der Waals surface area contributed by atoms with E-state index in [1.807, 2.05) is 0 Å². The van der Waals surface area contributed by atoms with Crippen LogP contribution in [0.15, 0.2) is 11.3 Å². The van der Waals surface area contributed by atoms with Crippen molar-refractivity contribution in [3.63, 3.8) is 0 Å². The maximum Gasteiger partial charge on any atom is 0.273 e. The smallest absolute Gasteiger partial charge is 0.273 e. The molecule has 2 unspecified atom stereocenters. The zero-order valence-corrected chi connectivity index (χ0v) is 15.4. The van der Waals surface area contributed by atoms with Gasteiger partial charge in [0.05, 0.1) is 31.9 Å². The van der Waals surface area contributed by atoms with Gasteiger partial charge in [0.1, 0.15) is 0 Å². The first-order valence-electron chi connectivity index (χ1n) is 7.85. The summed E-state index contributed by atoms with van der Waals surface area (Å²) >= 11 is 0. The van der Waals surface area contributed by atoms with Crippen molar-refractivity contribution in [1.82, 2.24) is 14.9 Å². The fourth-order valence-corrected chi connectivity index (χ4v) is 2.94. The van der Waals surface area contributed by atoms with Gasteiger partial charge >= 0.3 is 0 Å². The summed E-state index contributed by atoms with van der Waals surface area (Å²) in [5, 5.41) is 11.9. The molecule has 11 heteroatoms. The van der Waals surface area contributed by atoms with Crippen LogP contribution in [0.2, 0.25) is 0 Å². The highest BCUT2D eigenvalue weighted by atomic mass is 31.2. The lowest BCUT2D eigenvalue weighted by molar-refractivity contribution is 0.00208. The van der Waals surface area contributed by atoms with Crippen molar-refractivity contribution >= 4 is 25.4 Å². The van der Waals surface area contributed by atoms with Crippen molar-refractivity contribution in [3.8, 4) is 0 Å². The van der Waals surface area contributed by atoms with Crippen LogP contribution >= 0.6 is 7.37 Å². The van der Waals surface area contributed by atoms with Crippen LogP contribution in [0.4, 0.5) is 5.82 Å². The molecule has 1 rings (SSSR count). The van der Waals surface area contributed by atoms with E-state index in [0.29, 0.717) is 19.4 Å². The number of nitrogens with two attached hydrogens (primary N) is 1. The zero-order chi connectivity index (χ0) is 18.9. The summed E-state index contributed by atoms with van der Waals surface area (Å²) in [6, 6.07) is 0. The molecule has 0 bridgehead atoms. The topological polar surface area (TPSA) is 152 Å². The minimum Gasteiger partial charge on any atom is -0.394 e. The first kappa shape index (κ1) is 21.3. The molecule has 1 amide bonds. The quantitative estimate of drug-likeness (QED) is 0.183. The Kier molecular flexibility index (Phi) is 8.77. The molecule has 0 spiro atoms. The number of nitrogens with zero attached hydrogens (tertiary/aromatic N) is 3. The van der Waals surface area contributed by atoms with Crippen molar-refractivity contribution in [2.75, 3.05) is 33.1 Å². The van der Waals surface area contributed by atoms with Crippen molar-refractivity contribution in [2.24, 2.45) is 10.7 Å². The van der Waals surface area contributed by atoms with E-state index in [-0.39, 0.29) is 30.8 Å². The highest BCUT2D eigenvalue weighted by Crippen LogP contribution is 2.35. The lowest BCUT2D eigenvalue weighted by Gasteiger charge is -2.17. The first-order valence-corrected chi connectivity index (χ1v) is 10.1. The molecule has 142 valence electrons. The fraction of sp³-hybridized carbons (Fsp3) is 0.643. The molecule has 0 aliphatic heterocycles. The maximum atomic E-state index is 11.8.